The molecule has 1 fully saturated rings. The lowest BCUT2D eigenvalue weighted by molar-refractivity contribution is -0.146. The molecule has 2 aromatic rings. The summed E-state index contributed by atoms with van der Waals surface area (Å²) in [6.07, 6.45) is 2.06. The van der Waals surface area contributed by atoms with E-state index in [4.69, 9.17) is 4.74 Å². The van der Waals surface area contributed by atoms with Crippen molar-refractivity contribution >= 4 is 22.6 Å². The number of rotatable bonds is 4. The lowest BCUT2D eigenvalue weighted by Gasteiger charge is -2.40. The van der Waals surface area contributed by atoms with Gasteiger partial charge < -0.3 is 9.64 Å². The molecule has 7 heteroatoms. The van der Waals surface area contributed by atoms with Gasteiger partial charge in [0.2, 0.25) is 0 Å². The molecule has 156 valence electrons. The Balaban J connectivity index is 1.91. The van der Waals surface area contributed by atoms with E-state index in [9.17, 15) is 14.4 Å². The van der Waals surface area contributed by atoms with Crippen molar-refractivity contribution in [3.63, 3.8) is 0 Å². The lowest BCUT2D eigenvalue weighted by atomic mass is 9.97. The number of likely N-dealkylation sites (tertiary alicyclic amines) is 1. The first kappa shape index (κ1) is 21.0. The minimum Gasteiger partial charge on any atom is -0.448 e. The summed E-state index contributed by atoms with van der Waals surface area (Å²) >= 11 is 0. The predicted molar refractivity (Wildman–Crippen MR) is 111 cm³/mol. The normalized spacial score (nSPS) is 20.7. The topological polar surface area (TPSA) is 81.5 Å². The third kappa shape index (κ3) is 4.04. The molecule has 0 radical (unpaired) electrons. The van der Waals surface area contributed by atoms with E-state index in [2.05, 4.69) is 5.10 Å². The second kappa shape index (κ2) is 8.35. The summed E-state index contributed by atoms with van der Waals surface area (Å²) in [5.41, 5.74) is -0.208. The number of esters is 1. The molecule has 0 aliphatic carbocycles. The van der Waals surface area contributed by atoms with E-state index in [1.807, 2.05) is 32.6 Å². The Morgan fingerprint density at radius 3 is 2.24 bits per heavy atom. The summed E-state index contributed by atoms with van der Waals surface area (Å²) in [4.78, 5) is 40.3. The number of amides is 1. The average molecular weight is 399 g/mol. The van der Waals surface area contributed by atoms with Gasteiger partial charge in [0.05, 0.1) is 11.4 Å². The molecule has 2 heterocycles. The Morgan fingerprint density at radius 2 is 1.66 bits per heavy atom. The smallest absolute Gasteiger partial charge is 0.360 e. The molecule has 3 rings (SSSR count). The van der Waals surface area contributed by atoms with Crippen LogP contribution in [0.2, 0.25) is 0 Å². The Hall–Kier alpha value is -2.70. The minimum absolute atomic E-state index is 0.0493. The summed E-state index contributed by atoms with van der Waals surface area (Å²) in [7, 11) is 0. The van der Waals surface area contributed by atoms with E-state index in [1.165, 1.54) is 4.68 Å². The molecule has 1 saturated heterocycles. The molecule has 0 bridgehead atoms. The van der Waals surface area contributed by atoms with E-state index >= 15 is 0 Å². The number of benzene rings is 1. The number of hydrogen-bond acceptors (Lipinski definition) is 5. The van der Waals surface area contributed by atoms with Crippen molar-refractivity contribution in [3.05, 3.63) is 40.3 Å². The van der Waals surface area contributed by atoms with Gasteiger partial charge in [0.15, 0.2) is 11.8 Å². The highest BCUT2D eigenvalue weighted by Crippen LogP contribution is 2.24. The van der Waals surface area contributed by atoms with E-state index < -0.39 is 12.1 Å². The predicted octanol–water partition coefficient (Wildman–Crippen LogP) is 3.31. The van der Waals surface area contributed by atoms with E-state index in [0.717, 1.165) is 19.3 Å². The van der Waals surface area contributed by atoms with Crippen LogP contribution in [0.5, 0.6) is 0 Å². The first-order valence-electron chi connectivity index (χ1n) is 10.3. The zero-order valence-electron chi connectivity index (χ0n) is 17.7. The van der Waals surface area contributed by atoms with Gasteiger partial charge in [-0.1, -0.05) is 18.2 Å². The van der Waals surface area contributed by atoms with Crippen LogP contribution in [-0.4, -0.2) is 44.7 Å². The Labute approximate surface area is 170 Å². The summed E-state index contributed by atoms with van der Waals surface area (Å²) in [5, 5.41) is 5.09. The van der Waals surface area contributed by atoms with Crippen LogP contribution in [0, 0.1) is 0 Å². The fourth-order valence-electron chi connectivity index (χ4n) is 4.04. The summed E-state index contributed by atoms with van der Waals surface area (Å²) in [5.74, 6) is -0.895. The zero-order chi connectivity index (χ0) is 21.3. The fourth-order valence-corrected chi connectivity index (χ4v) is 4.04. The van der Waals surface area contributed by atoms with Gasteiger partial charge >= 0.3 is 5.97 Å². The quantitative estimate of drug-likeness (QED) is 0.737. The van der Waals surface area contributed by atoms with Gasteiger partial charge in [-0.15, -0.1) is 0 Å². The molecule has 1 aliphatic heterocycles. The summed E-state index contributed by atoms with van der Waals surface area (Å²) < 4.78 is 6.80. The van der Waals surface area contributed by atoms with Crippen LogP contribution in [-0.2, 0) is 9.53 Å². The lowest BCUT2D eigenvalue weighted by Crippen LogP contribution is -2.51. The van der Waals surface area contributed by atoms with Gasteiger partial charge in [0.1, 0.15) is 0 Å². The third-order valence-corrected chi connectivity index (χ3v) is 5.59. The van der Waals surface area contributed by atoms with Crippen LogP contribution in [0.25, 0.3) is 10.8 Å². The van der Waals surface area contributed by atoms with Gasteiger partial charge in [0.25, 0.3) is 11.5 Å². The van der Waals surface area contributed by atoms with Crippen molar-refractivity contribution in [3.8, 4) is 0 Å². The number of aromatic nitrogens is 2. The Morgan fingerprint density at radius 1 is 1.07 bits per heavy atom. The molecule has 1 amide bonds. The van der Waals surface area contributed by atoms with Gasteiger partial charge in [-0.05, 0) is 59.9 Å². The fraction of sp³-hybridized carbons (Fsp3) is 0.545. The molecule has 3 atom stereocenters. The SMILES string of the molecule is CC(C)n1nc(C(=O)O[C@H](C)C(=O)N2[C@@H](C)CCC[C@@H]2C)c2ccccc2c1=O. The van der Waals surface area contributed by atoms with Gasteiger partial charge in [-0.2, -0.15) is 5.10 Å². The van der Waals surface area contributed by atoms with Crippen LogP contribution in [0.1, 0.15) is 70.4 Å². The number of carbonyl (C=O) groups is 2. The van der Waals surface area contributed by atoms with Gasteiger partial charge in [-0.25, -0.2) is 9.48 Å². The van der Waals surface area contributed by atoms with E-state index in [1.54, 1.807) is 31.2 Å². The van der Waals surface area contributed by atoms with Gasteiger partial charge in [0, 0.05) is 17.5 Å². The highest BCUT2D eigenvalue weighted by Gasteiger charge is 2.34. The van der Waals surface area contributed by atoms with Crippen molar-refractivity contribution in [2.45, 2.75) is 78.1 Å². The minimum atomic E-state index is -0.925. The molecule has 1 aromatic heterocycles. The van der Waals surface area contributed by atoms with Crippen molar-refractivity contribution in [1.29, 1.82) is 0 Å². The molecule has 29 heavy (non-hydrogen) atoms. The molecule has 0 N–H and O–H groups in total. The first-order valence-corrected chi connectivity index (χ1v) is 10.3. The van der Waals surface area contributed by atoms with Gasteiger partial charge in [-0.3, -0.25) is 9.59 Å². The number of hydrogen-bond donors (Lipinski definition) is 0. The summed E-state index contributed by atoms with van der Waals surface area (Å²) in [6, 6.07) is 6.85. The standard InChI is InChI=1S/C22H29N3O4/c1-13(2)25-21(27)18-12-7-6-11-17(18)19(23-25)22(28)29-16(5)20(26)24-14(3)9-8-10-15(24)4/h6-7,11-16H,8-10H2,1-5H3/t14-,15-,16+/m0/s1. The van der Waals surface area contributed by atoms with E-state index in [0.29, 0.717) is 10.8 Å². The largest absolute Gasteiger partial charge is 0.448 e. The highest BCUT2D eigenvalue weighted by atomic mass is 16.5. The molecular formula is C22H29N3O4. The third-order valence-electron chi connectivity index (χ3n) is 5.59. The Kier molecular flexibility index (Phi) is 6.05. The number of nitrogens with zero attached hydrogens (tertiary/aromatic N) is 3. The number of piperidine rings is 1. The zero-order valence-corrected chi connectivity index (χ0v) is 17.7. The average Bonchev–Trinajstić information content (AvgIpc) is 2.67. The van der Waals surface area contributed by atoms with Crippen LogP contribution in [0.4, 0.5) is 0 Å². The molecule has 1 aromatic carbocycles. The van der Waals surface area contributed by atoms with Crippen LogP contribution < -0.4 is 5.56 Å². The highest BCUT2D eigenvalue weighted by molar-refractivity contribution is 6.02. The van der Waals surface area contributed by atoms with Crippen molar-refractivity contribution in [1.82, 2.24) is 14.7 Å². The van der Waals surface area contributed by atoms with Crippen molar-refractivity contribution in [2.24, 2.45) is 0 Å². The summed E-state index contributed by atoms with van der Waals surface area (Å²) in [6.45, 7) is 9.29. The van der Waals surface area contributed by atoms with Crippen LogP contribution in [0.15, 0.2) is 29.1 Å². The second-order valence-electron chi connectivity index (χ2n) is 8.16. The first-order chi connectivity index (χ1) is 13.7. The molecule has 0 saturated carbocycles. The van der Waals surface area contributed by atoms with Crippen molar-refractivity contribution in [2.75, 3.05) is 0 Å². The molecule has 0 unspecified atom stereocenters. The maximum atomic E-state index is 13.0. The molecule has 0 spiro atoms. The molecular weight excluding hydrogens is 370 g/mol. The monoisotopic (exact) mass is 399 g/mol. The van der Waals surface area contributed by atoms with Crippen LogP contribution in [0.3, 0.4) is 0 Å². The number of carbonyl (C=O) groups excluding carboxylic acids is 2. The van der Waals surface area contributed by atoms with Crippen LogP contribution >= 0.6 is 0 Å². The second-order valence-corrected chi connectivity index (χ2v) is 8.16. The number of ether oxygens (including phenoxy) is 1. The Bertz CT molecular complexity index is 972. The number of fused-ring (bicyclic) bond motifs is 1. The van der Waals surface area contributed by atoms with Crippen molar-refractivity contribution < 1.29 is 14.3 Å². The molecule has 1 aliphatic rings. The maximum absolute atomic E-state index is 13.0. The molecule has 7 nitrogen and oxygen atoms in total. The van der Waals surface area contributed by atoms with E-state index in [-0.39, 0.29) is 35.3 Å². The maximum Gasteiger partial charge on any atom is 0.360 e.